The molecule has 0 radical (unpaired) electrons. The second-order valence-corrected chi connectivity index (χ2v) is 4.12. The molecule has 0 aliphatic heterocycles. The minimum absolute atomic E-state index is 0.131. The summed E-state index contributed by atoms with van der Waals surface area (Å²) < 4.78 is 44.3. The molecule has 2 rings (SSSR count). The summed E-state index contributed by atoms with van der Waals surface area (Å²) in [5, 5.41) is 2.36. The van der Waals surface area contributed by atoms with Crippen LogP contribution in [0, 0.1) is 17.5 Å². The first-order chi connectivity index (χ1) is 9.97. The highest BCUT2D eigenvalue weighted by atomic mass is 19.1. The van der Waals surface area contributed by atoms with Crippen LogP contribution < -0.4 is 15.8 Å². The standard InChI is InChI=1S/C14H11F3N2O2/c15-9-5-4-8(6-12(9)18)19-13(20)7-21-14-10(16)2-1-3-11(14)17/h1-6H,7,18H2,(H,19,20). The summed E-state index contributed by atoms with van der Waals surface area (Å²) >= 11 is 0. The molecule has 0 atom stereocenters. The third-order valence-corrected chi connectivity index (χ3v) is 2.55. The smallest absolute Gasteiger partial charge is 0.262 e. The van der Waals surface area contributed by atoms with Crippen LogP contribution in [-0.2, 0) is 4.79 Å². The van der Waals surface area contributed by atoms with Crippen molar-refractivity contribution in [3.05, 3.63) is 53.8 Å². The van der Waals surface area contributed by atoms with Gasteiger partial charge in [-0.15, -0.1) is 0 Å². The van der Waals surface area contributed by atoms with Crippen LogP contribution in [0.4, 0.5) is 24.5 Å². The Labute approximate surface area is 118 Å². The zero-order valence-corrected chi connectivity index (χ0v) is 10.7. The monoisotopic (exact) mass is 296 g/mol. The molecule has 0 aromatic heterocycles. The molecule has 3 N–H and O–H groups in total. The number of carbonyl (C=O) groups excluding carboxylic acids is 1. The predicted molar refractivity (Wildman–Crippen MR) is 71.3 cm³/mol. The number of nitrogen functional groups attached to an aromatic ring is 1. The van der Waals surface area contributed by atoms with Crippen molar-refractivity contribution in [2.75, 3.05) is 17.7 Å². The number of para-hydroxylation sites is 1. The van der Waals surface area contributed by atoms with E-state index < -0.39 is 35.7 Å². The van der Waals surface area contributed by atoms with E-state index in [1.165, 1.54) is 18.2 Å². The first-order valence-electron chi connectivity index (χ1n) is 5.89. The van der Waals surface area contributed by atoms with Crippen molar-refractivity contribution in [1.82, 2.24) is 0 Å². The molecule has 7 heteroatoms. The van der Waals surface area contributed by atoms with Gasteiger partial charge in [-0.1, -0.05) is 6.07 Å². The molecular formula is C14H11F3N2O2. The van der Waals surface area contributed by atoms with Crippen LogP contribution >= 0.6 is 0 Å². The van der Waals surface area contributed by atoms with Gasteiger partial charge in [0, 0.05) is 5.69 Å². The van der Waals surface area contributed by atoms with Crippen LogP contribution in [0.15, 0.2) is 36.4 Å². The molecule has 0 heterocycles. The second-order valence-electron chi connectivity index (χ2n) is 4.12. The Morgan fingerprint density at radius 2 is 1.76 bits per heavy atom. The summed E-state index contributed by atoms with van der Waals surface area (Å²) in [5.74, 6) is -3.73. The van der Waals surface area contributed by atoms with Gasteiger partial charge in [-0.2, -0.15) is 0 Å². The van der Waals surface area contributed by atoms with E-state index >= 15 is 0 Å². The van der Waals surface area contributed by atoms with Crippen LogP contribution in [0.25, 0.3) is 0 Å². The topological polar surface area (TPSA) is 64.3 Å². The van der Waals surface area contributed by atoms with Crippen molar-refractivity contribution >= 4 is 17.3 Å². The fourth-order valence-electron chi connectivity index (χ4n) is 1.58. The van der Waals surface area contributed by atoms with Crippen LogP contribution in [0.2, 0.25) is 0 Å². The molecular weight excluding hydrogens is 285 g/mol. The maximum absolute atomic E-state index is 13.3. The van der Waals surface area contributed by atoms with E-state index in [9.17, 15) is 18.0 Å². The highest BCUT2D eigenvalue weighted by Crippen LogP contribution is 2.21. The number of anilines is 2. The molecule has 0 unspecified atom stereocenters. The van der Waals surface area contributed by atoms with E-state index in [0.717, 1.165) is 18.2 Å². The minimum Gasteiger partial charge on any atom is -0.478 e. The molecule has 2 aromatic carbocycles. The zero-order valence-electron chi connectivity index (χ0n) is 10.7. The molecule has 110 valence electrons. The Balaban J connectivity index is 1.97. The van der Waals surface area contributed by atoms with Crippen molar-refractivity contribution in [2.45, 2.75) is 0 Å². The number of nitrogens with two attached hydrogens (primary N) is 1. The average Bonchev–Trinajstić information content (AvgIpc) is 2.42. The Bertz CT molecular complexity index is 657. The molecule has 21 heavy (non-hydrogen) atoms. The Hall–Kier alpha value is -2.70. The third kappa shape index (κ3) is 3.65. The predicted octanol–water partition coefficient (Wildman–Crippen LogP) is 2.70. The number of hydrogen-bond donors (Lipinski definition) is 2. The molecule has 0 aliphatic rings. The van der Waals surface area contributed by atoms with Crippen LogP contribution in [0.1, 0.15) is 0 Å². The molecule has 0 fully saturated rings. The number of halogens is 3. The van der Waals surface area contributed by atoms with Crippen LogP contribution in [0.3, 0.4) is 0 Å². The SMILES string of the molecule is Nc1cc(NC(=O)COc2c(F)cccc2F)ccc1F. The number of rotatable bonds is 4. The maximum atomic E-state index is 13.3. The molecule has 1 amide bonds. The minimum atomic E-state index is -0.908. The lowest BCUT2D eigenvalue weighted by atomic mass is 10.2. The molecule has 0 aliphatic carbocycles. The summed E-state index contributed by atoms with van der Waals surface area (Å²) in [6, 6.07) is 6.80. The zero-order chi connectivity index (χ0) is 15.4. The van der Waals surface area contributed by atoms with E-state index in [-0.39, 0.29) is 11.4 Å². The van der Waals surface area contributed by atoms with Crippen molar-refractivity contribution in [3.63, 3.8) is 0 Å². The Morgan fingerprint density at radius 3 is 2.38 bits per heavy atom. The number of nitrogens with one attached hydrogen (secondary N) is 1. The fraction of sp³-hybridized carbons (Fsp3) is 0.0714. The molecule has 2 aromatic rings. The quantitative estimate of drug-likeness (QED) is 0.853. The molecule has 0 spiro atoms. The highest BCUT2D eigenvalue weighted by molar-refractivity contribution is 5.92. The summed E-state index contributed by atoms with van der Waals surface area (Å²) in [4.78, 5) is 11.6. The first kappa shape index (κ1) is 14.7. The van der Waals surface area contributed by atoms with Crippen molar-refractivity contribution in [3.8, 4) is 5.75 Å². The van der Waals surface area contributed by atoms with Crippen molar-refractivity contribution in [2.24, 2.45) is 0 Å². The van der Waals surface area contributed by atoms with Gasteiger partial charge in [-0.05, 0) is 30.3 Å². The van der Waals surface area contributed by atoms with Gasteiger partial charge in [0.1, 0.15) is 5.82 Å². The molecule has 0 saturated heterocycles. The molecule has 4 nitrogen and oxygen atoms in total. The summed E-state index contributed by atoms with van der Waals surface area (Å²) in [5.41, 5.74) is 5.46. The van der Waals surface area contributed by atoms with Gasteiger partial charge >= 0.3 is 0 Å². The van der Waals surface area contributed by atoms with E-state index in [0.29, 0.717) is 0 Å². The Kier molecular flexibility index (Phi) is 4.32. The molecule has 0 saturated carbocycles. The maximum Gasteiger partial charge on any atom is 0.262 e. The van der Waals surface area contributed by atoms with Gasteiger partial charge in [0.2, 0.25) is 0 Å². The van der Waals surface area contributed by atoms with E-state index in [4.69, 9.17) is 10.5 Å². The van der Waals surface area contributed by atoms with Crippen molar-refractivity contribution < 1.29 is 22.7 Å². The Morgan fingerprint density at radius 1 is 1.10 bits per heavy atom. The van der Waals surface area contributed by atoms with E-state index in [1.807, 2.05) is 0 Å². The first-order valence-corrected chi connectivity index (χ1v) is 5.89. The lowest BCUT2D eigenvalue weighted by Gasteiger charge is -2.09. The third-order valence-electron chi connectivity index (χ3n) is 2.55. The second kappa shape index (κ2) is 6.17. The largest absolute Gasteiger partial charge is 0.478 e. The van der Waals surface area contributed by atoms with Gasteiger partial charge < -0.3 is 15.8 Å². The van der Waals surface area contributed by atoms with Gasteiger partial charge in [0.15, 0.2) is 24.0 Å². The highest BCUT2D eigenvalue weighted by Gasteiger charge is 2.12. The number of hydrogen-bond acceptors (Lipinski definition) is 3. The summed E-state index contributed by atoms with van der Waals surface area (Å²) in [7, 11) is 0. The number of ether oxygens (including phenoxy) is 1. The fourth-order valence-corrected chi connectivity index (χ4v) is 1.58. The normalized spacial score (nSPS) is 10.2. The number of benzene rings is 2. The summed E-state index contributed by atoms with van der Waals surface area (Å²) in [6.07, 6.45) is 0. The van der Waals surface area contributed by atoms with Crippen LogP contribution in [-0.4, -0.2) is 12.5 Å². The van der Waals surface area contributed by atoms with Gasteiger partial charge in [-0.3, -0.25) is 4.79 Å². The van der Waals surface area contributed by atoms with E-state index in [1.54, 1.807) is 0 Å². The number of amides is 1. The lowest BCUT2D eigenvalue weighted by Crippen LogP contribution is -2.21. The van der Waals surface area contributed by atoms with Gasteiger partial charge in [-0.25, -0.2) is 13.2 Å². The van der Waals surface area contributed by atoms with Crippen molar-refractivity contribution in [1.29, 1.82) is 0 Å². The summed E-state index contributed by atoms with van der Waals surface area (Å²) in [6.45, 7) is -0.602. The molecule has 0 bridgehead atoms. The van der Waals surface area contributed by atoms with Gasteiger partial charge in [0.25, 0.3) is 5.91 Å². The number of carbonyl (C=O) groups is 1. The average molecular weight is 296 g/mol. The van der Waals surface area contributed by atoms with Crippen LogP contribution in [0.5, 0.6) is 5.75 Å². The van der Waals surface area contributed by atoms with E-state index in [2.05, 4.69) is 5.32 Å². The van der Waals surface area contributed by atoms with Gasteiger partial charge in [0.05, 0.1) is 5.69 Å². The lowest BCUT2D eigenvalue weighted by molar-refractivity contribution is -0.118.